The molecule has 8 atom stereocenters. The van der Waals surface area contributed by atoms with E-state index in [2.05, 4.69) is 58.3 Å². The summed E-state index contributed by atoms with van der Waals surface area (Å²) < 4.78 is 5.96. The minimum absolute atomic E-state index is 0.0213. The van der Waals surface area contributed by atoms with Crippen LogP contribution in [0, 0.1) is 46.3 Å². The Hall–Kier alpha value is -1.60. The van der Waals surface area contributed by atoms with Crippen LogP contribution in [0.25, 0.3) is 0 Å². The fraction of sp³-hybridized carbons (Fsp3) is 0.902. The van der Waals surface area contributed by atoms with E-state index < -0.39 is 6.09 Å². The molecule has 0 spiro atoms. The van der Waals surface area contributed by atoms with Crippen molar-refractivity contribution in [3.63, 3.8) is 0 Å². The van der Waals surface area contributed by atoms with Crippen molar-refractivity contribution in [3.8, 4) is 0 Å². The van der Waals surface area contributed by atoms with E-state index in [1.807, 2.05) is 4.90 Å². The molecule has 4 aliphatic carbocycles. The number of amides is 2. The second-order valence-corrected chi connectivity index (χ2v) is 17.2. The van der Waals surface area contributed by atoms with E-state index in [1.165, 1.54) is 69.8 Å². The van der Waals surface area contributed by atoms with Crippen LogP contribution in [0.15, 0.2) is 11.6 Å². The second-order valence-electron chi connectivity index (χ2n) is 17.2. The minimum Gasteiger partial charge on any atom is -0.446 e. The second kappa shape index (κ2) is 18.6. The Morgan fingerprint density at radius 2 is 1.73 bits per heavy atom. The van der Waals surface area contributed by atoms with Gasteiger partial charge in [0.15, 0.2) is 0 Å². The molecule has 0 heterocycles. The molecule has 0 bridgehead atoms. The topological polar surface area (TPSA) is 96.7 Å². The number of ether oxygens (including phenoxy) is 1. The number of nitrogens with one attached hydrogen (secondary N) is 2. The number of alkyl carbamates (subject to hydrolysis) is 1. The van der Waals surface area contributed by atoms with Gasteiger partial charge in [0.1, 0.15) is 12.6 Å². The molecule has 3 fully saturated rings. The number of hydrogen-bond donors (Lipinski definition) is 3. The monoisotopic (exact) mass is 671 g/mol. The predicted molar refractivity (Wildman–Crippen MR) is 199 cm³/mol. The van der Waals surface area contributed by atoms with Crippen LogP contribution in [0.1, 0.15) is 144 Å². The first-order chi connectivity index (χ1) is 23.0. The molecule has 4 rings (SSSR count). The fourth-order valence-corrected chi connectivity index (χ4v) is 10.8. The molecule has 0 saturated heterocycles. The van der Waals surface area contributed by atoms with Gasteiger partial charge in [-0.05, 0) is 137 Å². The van der Waals surface area contributed by atoms with Crippen molar-refractivity contribution in [2.45, 2.75) is 150 Å². The van der Waals surface area contributed by atoms with Gasteiger partial charge in [-0.15, -0.1) is 0 Å². The number of nitrogens with zero attached hydrogens (tertiary/aromatic N) is 1. The molecule has 4 N–H and O–H groups in total. The van der Waals surface area contributed by atoms with Crippen molar-refractivity contribution in [2.24, 2.45) is 52.1 Å². The van der Waals surface area contributed by atoms with Crippen molar-refractivity contribution >= 4 is 12.0 Å². The molecule has 7 nitrogen and oxygen atoms in total. The number of rotatable bonds is 19. The summed E-state index contributed by atoms with van der Waals surface area (Å²) in [4.78, 5) is 27.8. The molecule has 0 aromatic rings. The first-order valence-electron chi connectivity index (χ1n) is 20.4. The van der Waals surface area contributed by atoms with Gasteiger partial charge in [-0.3, -0.25) is 4.79 Å². The van der Waals surface area contributed by atoms with E-state index in [0.29, 0.717) is 25.0 Å². The molecule has 0 aliphatic heterocycles. The van der Waals surface area contributed by atoms with Crippen LogP contribution in [0.2, 0.25) is 0 Å². The van der Waals surface area contributed by atoms with E-state index in [-0.39, 0.29) is 24.0 Å². The first-order valence-corrected chi connectivity index (χ1v) is 20.4. The summed E-state index contributed by atoms with van der Waals surface area (Å²) in [6, 6.07) is 0. The van der Waals surface area contributed by atoms with Gasteiger partial charge in [0.05, 0.1) is 0 Å². The van der Waals surface area contributed by atoms with Gasteiger partial charge in [0.25, 0.3) is 0 Å². The van der Waals surface area contributed by atoms with Gasteiger partial charge in [0.2, 0.25) is 5.91 Å². The molecular formula is C41H74N4O3. The van der Waals surface area contributed by atoms with E-state index in [0.717, 1.165) is 87.1 Å². The van der Waals surface area contributed by atoms with E-state index in [4.69, 9.17) is 10.5 Å². The molecule has 0 aromatic carbocycles. The minimum atomic E-state index is -0.460. The van der Waals surface area contributed by atoms with E-state index in [9.17, 15) is 9.59 Å². The largest absolute Gasteiger partial charge is 0.446 e. The number of nitrogens with two attached hydrogens (primary N) is 1. The zero-order chi connectivity index (χ0) is 34.7. The summed E-state index contributed by atoms with van der Waals surface area (Å²) >= 11 is 0. The maximum Gasteiger partial charge on any atom is 0.407 e. The summed E-state index contributed by atoms with van der Waals surface area (Å²) in [5, 5.41) is 6.25. The lowest BCUT2D eigenvalue weighted by Gasteiger charge is -2.58. The molecule has 0 aromatic heterocycles. The lowest BCUT2D eigenvalue weighted by atomic mass is 9.47. The van der Waals surface area contributed by atoms with Gasteiger partial charge in [-0.1, -0.05) is 78.9 Å². The third kappa shape index (κ3) is 9.80. The fourth-order valence-electron chi connectivity index (χ4n) is 10.8. The van der Waals surface area contributed by atoms with Gasteiger partial charge in [0, 0.05) is 19.5 Å². The van der Waals surface area contributed by atoms with Gasteiger partial charge < -0.3 is 26.0 Å². The number of carbonyl (C=O) groups is 2. The first kappa shape index (κ1) is 39.2. The molecule has 0 radical (unpaired) electrons. The number of carbonyl (C=O) groups excluding carboxylic acids is 2. The molecule has 3 saturated carbocycles. The number of unbranched alkanes of at least 4 members (excludes halogenated alkanes) is 2. The van der Waals surface area contributed by atoms with Crippen LogP contribution >= 0.6 is 0 Å². The van der Waals surface area contributed by atoms with E-state index in [1.54, 1.807) is 0 Å². The summed E-state index contributed by atoms with van der Waals surface area (Å²) in [5.41, 5.74) is 8.00. The summed E-state index contributed by atoms with van der Waals surface area (Å²) in [7, 11) is 0. The molecule has 48 heavy (non-hydrogen) atoms. The molecule has 2 amide bonds. The van der Waals surface area contributed by atoms with Crippen molar-refractivity contribution in [1.82, 2.24) is 15.5 Å². The quantitative estimate of drug-likeness (QED) is 0.0947. The maximum absolute atomic E-state index is 13.0. The molecule has 8 unspecified atom stereocenters. The lowest BCUT2D eigenvalue weighted by molar-refractivity contribution is -0.130. The molecule has 276 valence electrons. The highest BCUT2D eigenvalue weighted by Gasteiger charge is 2.59. The van der Waals surface area contributed by atoms with Crippen LogP contribution < -0.4 is 16.4 Å². The maximum atomic E-state index is 13.0. The average Bonchev–Trinajstić information content (AvgIpc) is 3.42. The lowest BCUT2D eigenvalue weighted by Crippen LogP contribution is -2.51. The Morgan fingerprint density at radius 1 is 0.958 bits per heavy atom. The summed E-state index contributed by atoms with van der Waals surface area (Å²) in [6.07, 6.45) is 20.9. The number of allylic oxidation sites excluding steroid dienone is 1. The zero-order valence-electron chi connectivity index (χ0n) is 31.9. The SMILES string of the molecule is CCCCNCCCCN(CCCN)C(=O)CNC(=O)OC1CCC2(C)C(=CCC3C2CCC2(C)C(C(C)CCCC(C)C)CCC32)C1. The van der Waals surface area contributed by atoms with Crippen molar-refractivity contribution in [3.05, 3.63) is 11.6 Å². The summed E-state index contributed by atoms with van der Waals surface area (Å²) in [6.45, 7) is 18.6. The molecule has 7 heteroatoms. The third-order valence-corrected chi connectivity index (χ3v) is 13.6. The molecular weight excluding hydrogens is 596 g/mol. The normalized spacial score (nSPS) is 31.8. The zero-order valence-corrected chi connectivity index (χ0v) is 31.9. The average molecular weight is 671 g/mol. The Kier molecular flexibility index (Phi) is 15.2. The van der Waals surface area contributed by atoms with Crippen LogP contribution in [0.4, 0.5) is 4.79 Å². The molecule has 4 aliphatic rings. The van der Waals surface area contributed by atoms with Gasteiger partial charge >= 0.3 is 6.09 Å². The highest BCUT2D eigenvalue weighted by molar-refractivity contribution is 5.82. The summed E-state index contributed by atoms with van der Waals surface area (Å²) in [5.74, 6) is 4.89. The van der Waals surface area contributed by atoms with E-state index >= 15 is 0 Å². The van der Waals surface area contributed by atoms with Crippen LogP contribution in [0.5, 0.6) is 0 Å². The Labute approximate surface area is 294 Å². The standard InChI is InChI=1S/C41H74N4O3/c1-7-8-24-43-25-9-10-26-45(27-12-23-42)38(46)29-44-39(47)48-33-19-21-40(5)32(28-33)15-16-34-36-18-17-35(31(4)14-11-13-30(2)3)41(36,6)22-20-37(34)40/h15,30-31,33-37,43H,7-14,16-29,42H2,1-6H3,(H,44,47). The van der Waals surface area contributed by atoms with Crippen LogP contribution in [-0.2, 0) is 9.53 Å². The number of fused-ring (bicyclic) bond motifs is 5. The van der Waals surface area contributed by atoms with Crippen molar-refractivity contribution in [1.29, 1.82) is 0 Å². The third-order valence-electron chi connectivity index (χ3n) is 13.6. The van der Waals surface area contributed by atoms with Crippen LogP contribution in [0.3, 0.4) is 0 Å². The van der Waals surface area contributed by atoms with Crippen molar-refractivity contribution < 1.29 is 14.3 Å². The van der Waals surface area contributed by atoms with Crippen LogP contribution in [-0.4, -0.2) is 62.3 Å². The Balaban J connectivity index is 1.25. The smallest absolute Gasteiger partial charge is 0.407 e. The highest BCUT2D eigenvalue weighted by Crippen LogP contribution is 2.67. The van der Waals surface area contributed by atoms with Gasteiger partial charge in [-0.2, -0.15) is 0 Å². The Morgan fingerprint density at radius 3 is 2.48 bits per heavy atom. The highest BCUT2D eigenvalue weighted by atomic mass is 16.6. The number of hydrogen-bond acceptors (Lipinski definition) is 5. The Bertz CT molecular complexity index is 1050. The van der Waals surface area contributed by atoms with Crippen molar-refractivity contribution in [2.75, 3.05) is 39.3 Å². The van der Waals surface area contributed by atoms with Gasteiger partial charge in [-0.25, -0.2) is 4.79 Å². The predicted octanol–water partition coefficient (Wildman–Crippen LogP) is 8.47.